The summed E-state index contributed by atoms with van der Waals surface area (Å²) in [5, 5.41) is 0. The van der Waals surface area contributed by atoms with Gasteiger partial charge in [-0.1, -0.05) is 25.5 Å². The van der Waals surface area contributed by atoms with Crippen molar-refractivity contribution in [3.8, 4) is 0 Å². The molecular weight excluding hydrogens is 204 g/mol. The maximum atomic E-state index is 5.85. The van der Waals surface area contributed by atoms with Crippen molar-refractivity contribution in [3.05, 3.63) is 12.2 Å². The second kappa shape index (κ2) is 4.40. The molecule has 0 aliphatic heterocycles. The van der Waals surface area contributed by atoms with E-state index in [1.54, 1.807) is 0 Å². The lowest BCUT2D eigenvalue weighted by Crippen LogP contribution is -2.46. The summed E-state index contributed by atoms with van der Waals surface area (Å²) in [6, 6.07) is 1.14. The van der Waals surface area contributed by atoms with Gasteiger partial charge in [0.15, 0.2) is 0 Å². The van der Waals surface area contributed by atoms with Crippen LogP contribution in [0.1, 0.15) is 26.2 Å². The molecule has 0 aromatic carbocycles. The number of hydrogen-bond acceptors (Lipinski definition) is 2. The normalized spacial score (nSPS) is 33.9. The standard InChI is InChI=1S/C12H22O2Si/c1-4-7-15(13-2,14-3)12-9-10-5-6-11(12)8-10/h5-6,10-12H,4,7-9H2,1-3H3. The van der Waals surface area contributed by atoms with Crippen molar-refractivity contribution in [2.45, 2.75) is 37.8 Å². The minimum Gasteiger partial charge on any atom is -0.397 e. The molecule has 3 unspecified atom stereocenters. The molecule has 0 radical (unpaired) electrons. The molecule has 0 aromatic rings. The van der Waals surface area contributed by atoms with Gasteiger partial charge in [0.1, 0.15) is 0 Å². The van der Waals surface area contributed by atoms with E-state index < -0.39 is 8.56 Å². The summed E-state index contributed by atoms with van der Waals surface area (Å²) in [4.78, 5) is 0. The van der Waals surface area contributed by atoms with Gasteiger partial charge in [0.05, 0.1) is 0 Å². The molecule has 0 spiro atoms. The summed E-state index contributed by atoms with van der Waals surface area (Å²) in [6.45, 7) is 2.23. The van der Waals surface area contributed by atoms with Crippen molar-refractivity contribution in [1.82, 2.24) is 0 Å². The van der Waals surface area contributed by atoms with Crippen LogP contribution in [0.2, 0.25) is 11.6 Å². The van der Waals surface area contributed by atoms with E-state index in [1.165, 1.54) is 19.3 Å². The first-order valence-corrected chi connectivity index (χ1v) is 8.14. The van der Waals surface area contributed by atoms with Crippen molar-refractivity contribution in [1.29, 1.82) is 0 Å². The summed E-state index contributed by atoms with van der Waals surface area (Å²) in [5.74, 6) is 1.56. The Hall–Kier alpha value is -0.123. The molecule has 1 fully saturated rings. The number of allylic oxidation sites excluding steroid dienone is 2. The summed E-state index contributed by atoms with van der Waals surface area (Å²) in [6.07, 6.45) is 8.60. The highest BCUT2D eigenvalue weighted by Crippen LogP contribution is 2.53. The van der Waals surface area contributed by atoms with Gasteiger partial charge < -0.3 is 8.85 Å². The molecule has 2 aliphatic rings. The van der Waals surface area contributed by atoms with E-state index >= 15 is 0 Å². The predicted octanol–water partition coefficient (Wildman–Crippen LogP) is 3.10. The molecule has 2 nitrogen and oxygen atoms in total. The SMILES string of the molecule is CCC[Si](OC)(OC)C1CC2C=CC1C2. The maximum Gasteiger partial charge on any atom is 0.341 e. The van der Waals surface area contributed by atoms with Gasteiger partial charge in [0.2, 0.25) is 0 Å². The van der Waals surface area contributed by atoms with Crippen molar-refractivity contribution < 1.29 is 8.85 Å². The fraction of sp³-hybridized carbons (Fsp3) is 0.833. The van der Waals surface area contributed by atoms with E-state index in [9.17, 15) is 0 Å². The molecule has 3 heteroatoms. The largest absolute Gasteiger partial charge is 0.397 e. The molecule has 3 atom stereocenters. The fourth-order valence-electron chi connectivity index (χ4n) is 3.41. The Morgan fingerprint density at radius 2 is 1.93 bits per heavy atom. The molecule has 1 saturated carbocycles. The number of fused-ring (bicyclic) bond motifs is 2. The lowest BCUT2D eigenvalue weighted by molar-refractivity contribution is 0.221. The Morgan fingerprint density at radius 1 is 1.20 bits per heavy atom. The third-order valence-electron chi connectivity index (χ3n) is 4.13. The molecule has 2 aliphatic carbocycles. The zero-order valence-corrected chi connectivity index (χ0v) is 11.0. The first-order chi connectivity index (χ1) is 7.25. The number of rotatable bonds is 5. The smallest absolute Gasteiger partial charge is 0.341 e. The highest BCUT2D eigenvalue weighted by atomic mass is 28.4. The van der Waals surface area contributed by atoms with Gasteiger partial charge in [-0.25, -0.2) is 0 Å². The Balaban J connectivity index is 2.14. The van der Waals surface area contributed by atoms with Gasteiger partial charge in [0.25, 0.3) is 0 Å². The summed E-state index contributed by atoms with van der Waals surface area (Å²) < 4.78 is 11.7. The quantitative estimate of drug-likeness (QED) is 0.530. The van der Waals surface area contributed by atoms with E-state index in [2.05, 4.69) is 19.1 Å². The fourth-order valence-corrected chi connectivity index (χ4v) is 7.22. The highest BCUT2D eigenvalue weighted by Gasteiger charge is 2.52. The van der Waals surface area contributed by atoms with Crippen LogP contribution in [0, 0.1) is 11.8 Å². The monoisotopic (exact) mass is 226 g/mol. The third kappa shape index (κ3) is 1.81. The molecule has 2 bridgehead atoms. The van der Waals surface area contributed by atoms with Crippen LogP contribution in [0.4, 0.5) is 0 Å². The van der Waals surface area contributed by atoms with Gasteiger partial charge in [-0.2, -0.15) is 0 Å². The minimum atomic E-state index is -1.92. The predicted molar refractivity (Wildman–Crippen MR) is 64.0 cm³/mol. The van der Waals surface area contributed by atoms with Crippen LogP contribution in [0.5, 0.6) is 0 Å². The van der Waals surface area contributed by atoms with E-state index in [0.717, 1.165) is 17.9 Å². The third-order valence-corrected chi connectivity index (χ3v) is 8.51. The zero-order valence-electron chi connectivity index (χ0n) is 10.0. The molecule has 0 amide bonds. The highest BCUT2D eigenvalue weighted by molar-refractivity contribution is 6.69. The first-order valence-electron chi connectivity index (χ1n) is 6.04. The lowest BCUT2D eigenvalue weighted by atomic mass is 10.1. The lowest BCUT2D eigenvalue weighted by Gasteiger charge is -2.36. The summed E-state index contributed by atoms with van der Waals surface area (Å²) in [5.41, 5.74) is 0.697. The minimum absolute atomic E-state index is 0.697. The molecule has 15 heavy (non-hydrogen) atoms. The molecule has 2 rings (SSSR count). The first kappa shape index (κ1) is 11.4. The van der Waals surface area contributed by atoms with Crippen LogP contribution in [0.3, 0.4) is 0 Å². The second-order valence-electron chi connectivity index (χ2n) is 4.86. The topological polar surface area (TPSA) is 18.5 Å². The Bertz CT molecular complexity index is 248. The Morgan fingerprint density at radius 3 is 2.33 bits per heavy atom. The van der Waals surface area contributed by atoms with E-state index in [4.69, 9.17) is 8.85 Å². The molecule has 0 aromatic heterocycles. The molecule has 86 valence electrons. The van der Waals surface area contributed by atoms with E-state index in [1.807, 2.05) is 14.2 Å². The van der Waals surface area contributed by atoms with Crippen LogP contribution in [-0.2, 0) is 8.85 Å². The van der Waals surface area contributed by atoms with Gasteiger partial charge in [-0.15, -0.1) is 0 Å². The molecular formula is C12H22O2Si. The van der Waals surface area contributed by atoms with Crippen molar-refractivity contribution in [3.63, 3.8) is 0 Å². The average molecular weight is 226 g/mol. The second-order valence-corrected chi connectivity index (χ2v) is 8.54. The van der Waals surface area contributed by atoms with Crippen LogP contribution in [0.25, 0.3) is 0 Å². The van der Waals surface area contributed by atoms with Crippen LogP contribution in [0.15, 0.2) is 12.2 Å². The summed E-state index contributed by atoms with van der Waals surface area (Å²) >= 11 is 0. The molecule has 0 heterocycles. The van der Waals surface area contributed by atoms with Crippen LogP contribution < -0.4 is 0 Å². The van der Waals surface area contributed by atoms with Crippen molar-refractivity contribution >= 4 is 8.56 Å². The van der Waals surface area contributed by atoms with Gasteiger partial charge in [0, 0.05) is 19.8 Å². The van der Waals surface area contributed by atoms with Crippen LogP contribution in [-0.4, -0.2) is 22.8 Å². The zero-order chi connectivity index (χ0) is 10.9. The Labute approximate surface area is 93.9 Å². The van der Waals surface area contributed by atoms with Gasteiger partial charge in [-0.05, 0) is 30.7 Å². The molecule has 0 N–H and O–H groups in total. The molecule has 0 saturated heterocycles. The van der Waals surface area contributed by atoms with Gasteiger partial charge >= 0.3 is 8.56 Å². The number of hydrogen-bond donors (Lipinski definition) is 0. The maximum absolute atomic E-state index is 5.85. The summed E-state index contributed by atoms with van der Waals surface area (Å²) in [7, 11) is 1.78. The van der Waals surface area contributed by atoms with Crippen molar-refractivity contribution in [2.24, 2.45) is 11.8 Å². The van der Waals surface area contributed by atoms with Gasteiger partial charge in [-0.3, -0.25) is 0 Å². The van der Waals surface area contributed by atoms with E-state index in [0.29, 0.717) is 5.54 Å². The van der Waals surface area contributed by atoms with E-state index in [-0.39, 0.29) is 0 Å². The van der Waals surface area contributed by atoms with Crippen molar-refractivity contribution in [2.75, 3.05) is 14.2 Å². The average Bonchev–Trinajstić information content (AvgIpc) is 2.88. The van der Waals surface area contributed by atoms with Crippen LogP contribution >= 0.6 is 0 Å². The Kier molecular flexibility index (Phi) is 3.33.